The molecular formula is C46H53BN2. The van der Waals surface area contributed by atoms with Crippen molar-refractivity contribution in [3.8, 4) is 0 Å². The molecule has 0 bridgehead atoms. The molecule has 2 aliphatic rings. The summed E-state index contributed by atoms with van der Waals surface area (Å²) in [5.41, 5.74) is 17.2. The number of hydrogen-bond donors (Lipinski definition) is 0. The summed E-state index contributed by atoms with van der Waals surface area (Å²) in [6.45, 7) is 27.8. The second kappa shape index (κ2) is 11.1. The Hall–Kier alpha value is -4.24. The molecule has 5 aromatic rings. The first-order valence-electron chi connectivity index (χ1n) is 18.1. The van der Waals surface area contributed by atoms with E-state index < -0.39 is 0 Å². The van der Waals surface area contributed by atoms with Crippen LogP contribution in [0.5, 0.6) is 0 Å². The Bertz CT molecular complexity index is 1900. The minimum Gasteiger partial charge on any atom is -0.311 e. The zero-order valence-electron chi connectivity index (χ0n) is 31.8. The van der Waals surface area contributed by atoms with Crippen LogP contribution in [0.1, 0.15) is 105 Å². The van der Waals surface area contributed by atoms with Crippen molar-refractivity contribution in [3.63, 3.8) is 0 Å². The van der Waals surface area contributed by atoms with Crippen molar-refractivity contribution in [2.24, 2.45) is 0 Å². The van der Waals surface area contributed by atoms with Crippen molar-refractivity contribution in [2.75, 3.05) is 9.80 Å². The molecule has 49 heavy (non-hydrogen) atoms. The molecule has 0 radical (unpaired) electrons. The summed E-state index contributed by atoms with van der Waals surface area (Å²) in [5.74, 6) is 0. The Kier molecular flexibility index (Phi) is 7.56. The fourth-order valence-electron chi connectivity index (χ4n) is 7.65. The van der Waals surface area contributed by atoms with Crippen LogP contribution in [-0.2, 0) is 21.7 Å². The van der Waals surface area contributed by atoms with E-state index in [-0.39, 0.29) is 28.4 Å². The van der Waals surface area contributed by atoms with Gasteiger partial charge in [-0.25, -0.2) is 0 Å². The molecule has 7 rings (SSSR count). The fraction of sp³-hybridized carbons (Fsp3) is 0.348. The molecule has 0 amide bonds. The van der Waals surface area contributed by atoms with Crippen molar-refractivity contribution in [1.29, 1.82) is 0 Å². The predicted octanol–water partition coefficient (Wildman–Crippen LogP) is 11.0. The van der Waals surface area contributed by atoms with Crippen LogP contribution in [0, 0.1) is 0 Å². The summed E-state index contributed by atoms with van der Waals surface area (Å²) in [6, 6.07) is 39.9. The van der Waals surface area contributed by atoms with E-state index in [1.807, 2.05) is 0 Å². The van der Waals surface area contributed by atoms with Crippen LogP contribution in [0.4, 0.5) is 34.1 Å². The van der Waals surface area contributed by atoms with E-state index in [1.165, 1.54) is 72.8 Å². The van der Waals surface area contributed by atoms with Crippen LogP contribution in [0.2, 0.25) is 0 Å². The van der Waals surface area contributed by atoms with Gasteiger partial charge in [-0.1, -0.05) is 138 Å². The van der Waals surface area contributed by atoms with E-state index >= 15 is 0 Å². The highest BCUT2D eigenvalue weighted by atomic mass is 15.2. The van der Waals surface area contributed by atoms with Gasteiger partial charge >= 0.3 is 0 Å². The van der Waals surface area contributed by atoms with Gasteiger partial charge in [-0.15, -0.1) is 0 Å². The molecule has 2 heterocycles. The fourth-order valence-corrected chi connectivity index (χ4v) is 7.65. The SMILES string of the molecule is CC(C)(C)c1ccc(N2c3ccc(C(C)(C)C)cc3B3c4cc(C(C)(C)C)ccc4N(c4ccc(C(C)(C)C)cc4)c4cccc2c43)cc1. The summed E-state index contributed by atoms with van der Waals surface area (Å²) in [5, 5.41) is 0. The van der Waals surface area contributed by atoms with Crippen LogP contribution in [0.15, 0.2) is 103 Å². The number of benzene rings is 5. The Morgan fingerprint density at radius 3 is 1.02 bits per heavy atom. The third-order valence-electron chi connectivity index (χ3n) is 10.7. The lowest BCUT2D eigenvalue weighted by molar-refractivity contribution is 0.590. The third kappa shape index (κ3) is 5.70. The lowest BCUT2D eigenvalue weighted by Gasteiger charge is -2.45. The van der Waals surface area contributed by atoms with Gasteiger partial charge < -0.3 is 9.80 Å². The smallest absolute Gasteiger partial charge is 0.252 e. The average Bonchev–Trinajstić information content (AvgIpc) is 3.02. The number of hydrogen-bond acceptors (Lipinski definition) is 2. The highest BCUT2D eigenvalue weighted by molar-refractivity contribution is 7.00. The van der Waals surface area contributed by atoms with Gasteiger partial charge in [-0.3, -0.25) is 0 Å². The topological polar surface area (TPSA) is 6.48 Å². The molecule has 5 aromatic carbocycles. The van der Waals surface area contributed by atoms with Crippen LogP contribution in [0.3, 0.4) is 0 Å². The Labute approximate surface area is 296 Å². The van der Waals surface area contributed by atoms with Gasteiger partial charge in [0.25, 0.3) is 6.71 Å². The number of rotatable bonds is 2. The van der Waals surface area contributed by atoms with E-state index in [0.717, 1.165) is 0 Å². The molecule has 0 fully saturated rings. The first-order valence-corrected chi connectivity index (χ1v) is 18.1. The second-order valence-corrected chi connectivity index (χ2v) is 18.5. The standard InChI is InChI=1S/C46H53BN2/c1-43(2,3)30-16-22-34(23-17-30)48-38-26-20-32(45(7,8)9)28-36(38)47-37-29-33(46(10,11)12)21-27-39(37)49(41-15-13-14-40(48)42(41)47)35-24-18-31(19-25-35)44(4,5)6/h13-29H,1-12H3. The average molecular weight is 645 g/mol. The molecule has 0 saturated heterocycles. The quantitative estimate of drug-likeness (QED) is 0.173. The molecule has 0 saturated carbocycles. The highest BCUT2D eigenvalue weighted by Gasteiger charge is 2.44. The highest BCUT2D eigenvalue weighted by Crippen LogP contribution is 2.45. The van der Waals surface area contributed by atoms with Gasteiger partial charge in [-0.2, -0.15) is 0 Å². The molecule has 0 unspecified atom stereocenters. The zero-order valence-corrected chi connectivity index (χ0v) is 31.8. The van der Waals surface area contributed by atoms with E-state index in [2.05, 4.69) is 196 Å². The minimum atomic E-state index is 0.0274. The number of fused-ring (bicyclic) bond motifs is 4. The lowest BCUT2D eigenvalue weighted by Crippen LogP contribution is -2.61. The molecule has 2 nitrogen and oxygen atoms in total. The maximum Gasteiger partial charge on any atom is 0.252 e. The van der Waals surface area contributed by atoms with Gasteiger partial charge in [0.2, 0.25) is 0 Å². The molecule has 3 heteroatoms. The number of nitrogens with zero attached hydrogens (tertiary/aromatic N) is 2. The van der Waals surface area contributed by atoms with E-state index in [0.29, 0.717) is 0 Å². The predicted molar refractivity (Wildman–Crippen MR) is 215 cm³/mol. The minimum absolute atomic E-state index is 0.0274. The van der Waals surface area contributed by atoms with Crippen molar-refractivity contribution in [2.45, 2.75) is 105 Å². The van der Waals surface area contributed by atoms with E-state index in [4.69, 9.17) is 0 Å². The molecule has 0 atom stereocenters. The monoisotopic (exact) mass is 644 g/mol. The molecule has 0 aromatic heterocycles. The van der Waals surface area contributed by atoms with Crippen molar-refractivity contribution in [1.82, 2.24) is 0 Å². The van der Waals surface area contributed by atoms with Gasteiger partial charge in [0.05, 0.1) is 0 Å². The summed E-state index contributed by atoms with van der Waals surface area (Å²) in [4.78, 5) is 5.03. The zero-order chi connectivity index (χ0) is 35.3. The normalized spacial score (nSPS) is 14.4. The first kappa shape index (κ1) is 33.3. The summed E-state index contributed by atoms with van der Waals surface area (Å²) >= 11 is 0. The Balaban J connectivity index is 1.54. The third-order valence-corrected chi connectivity index (χ3v) is 10.7. The van der Waals surface area contributed by atoms with Gasteiger partial charge in [0, 0.05) is 34.1 Å². The second-order valence-electron chi connectivity index (χ2n) is 18.5. The summed E-state index contributed by atoms with van der Waals surface area (Å²) < 4.78 is 0. The lowest BCUT2D eigenvalue weighted by atomic mass is 9.33. The first-order chi connectivity index (χ1) is 22.8. The summed E-state index contributed by atoms with van der Waals surface area (Å²) in [6.07, 6.45) is 0. The molecule has 0 aliphatic carbocycles. The van der Waals surface area contributed by atoms with Crippen molar-refractivity contribution >= 4 is 57.2 Å². The maximum absolute atomic E-state index is 2.52. The van der Waals surface area contributed by atoms with E-state index in [9.17, 15) is 0 Å². The van der Waals surface area contributed by atoms with Crippen LogP contribution < -0.4 is 26.2 Å². The Morgan fingerprint density at radius 2 is 0.694 bits per heavy atom. The van der Waals surface area contributed by atoms with Crippen LogP contribution in [-0.4, -0.2) is 6.71 Å². The van der Waals surface area contributed by atoms with Gasteiger partial charge in [-0.05, 0) is 109 Å². The van der Waals surface area contributed by atoms with E-state index in [1.54, 1.807) is 0 Å². The largest absolute Gasteiger partial charge is 0.311 e. The van der Waals surface area contributed by atoms with Crippen LogP contribution >= 0.6 is 0 Å². The van der Waals surface area contributed by atoms with Crippen molar-refractivity contribution < 1.29 is 0 Å². The molecular weight excluding hydrogens is 591 g/mol. The number of anilines is 6. The maximum atomic E-state index is 2.52. The van der Waals surface area contributed by atoms with Gasteiger partial charge in [0.1, 0.15) is 0 Å². The molecule has 2 aliphatic heterocycles. The molecule has 0 N–H and O–H groups in total. The summed E-state index contributed by atoms with van der Waals surface area (Å²) in [7, 11) is 0. The molecule has 0 spiro atoms. The van der Waals surface area contributed by atoms with Crippen molar-refractivity contribution in [3.05, 3.63) is 125 Å². The van der Waals surface area contributed by atoms with Crippen LogP contribution in [0.25, 0.3) is 0 Å². The Morgan fingerprint density at radius 1 is 0.367 bits per heavy atom. The molecule has 250 valence electrons. The van der Waals surface area contributed by atoms with Gasteiger partial charge in [0.15, 0.2) is 0 Å².